The van der Waals surface area contributed by atoms with Crippen molar-refractivity contribution in [3.05, 3.63) is 48.6 Å². The second-order valence-electron chi connectivity index (χ2n) is 2.66. The fourth-order valence-electron chi connectivity index (χ4n) is 1.01. The van der Waals surface area contributed by atoms with Crippen molar-refractivity contribution >= 4 is 5.78 Å². The molecular weight excluding hydrogens is 148 g/mol. The quantitative estimate of drug-likeness (QED) is 0.618. The molecule has 0 spiro atoms. The van der Waals surface area contributed by atoms with Crippen molar-refractivity contribution in [2.45, 2.75) is 12.8 Å². The van der Waals surface area contributed by atoms with Gasteiger partial charge in [0.05, 0.1) is 0 Å². The van der Waals surface area contributed by atoms with Crippen LogP contribution in [-0.2, 0) is 11.2 Å². The molecule has 1 heteroatoms. The number of hydrogen-bond acceptors (Lipinski definition) is 1. The van der Waals surface area contributed by atoms with Crippen LogP contribution in [0.5, 0.6) is 0 Å². The van der Waals surface area contributed by atoms with Gasteiger partial charge >= 0.3 is 0 Å². The van der Waals surface area contributed by atoms with Crippen LogP contribution >= 0.6 is 0 Å². The highest BCUT2D eigenvalue weighted by atomic mass is 16.1. The van der Waals surface area contributed by atoms with Crippen LogP contribution in [0.25, 0.3) is 0 Å². The van der Waals surface area contributed by atoms with Gasteiger partial charge in [0.25, 0.3) is 0 Å². The van der Waals surface area contributed by atoms with Crippen LogP contribution in [0.2, 0.25) is 0 Å². The maximum Gasteiger partial charge on any atom is 0.155 e. The van der Waals surface area contributed by atoms with Crippen molar-refractivity contribution in [1.82, 2.24) is 0 Å². The highest BCUT2D eigenvalue weighted by Crippen LogP contribution is 2.02. The normalized spacial score (nSPS) is 9.33. The summed E-state index contributed by atoms with van der Waals surface area (Å²) in [4.78, 5) is 10.9. The van der Waals surface area contributed by atoms with E-state index in [-0.39, 0.29) is 5.78 Å². The molecule has 0 heterocycles. The number of ketones is 1. The van der Waals surface area contributed by atoms with Gasteiger partial charge < -0.3 is 0 Å². The van der Waals surface area contributed by atoms with E-state index in [4.69, 9.17) is 0 Å². The summed E-state index contributed by atoms with van der Waals surface area (Å²) in [6.45, 7) is 3.42. The van der Waals surface area contributed by atoms with Gasteiger partial charge in [-0.2, -0.15) is 0 Å². The van der Waals surface area contributed by atoms with Crippen LogP contribution in [-0.4, -0.2) is 5.78 Å². The summed E-state index contributed by atoms with van der Waals surface area (Å²) in [5.41, 5.74) is 1.20. The second-order valence-corrected chi connectivity index (χ2v) is 2.66. The zero-order chi connectivity index (χ0) is 8.81. The van der Waals surface area contributed by atoms with E-state index in [0.717, 1.165) is 6.42 Å². The monoisotopic (exact) mass is 160 g/mol. The van der Waals surface area contributed by atoms with E-state index < -0.39 is 0 Å². The van der Waals surface area contributed by atoms with Crippen molar-refractivity contribution < 1.29 is 4.79 Å². The molecule has 0 saturated carbocycles. The Morgan fingerprint density at radius 2 is 2.00 bits per heavy atom. The summed E-state index contributed by atoms with van der Waals surface area (Å²) in [6, 6.07) is 9.98. The van der Waals surface area contributed by atoms with Gasteiger partial charge in [0, 0.05) is 6.42 Å². The van der Waals surface area contributed by atoms with E-state index in [9.17, 15) is 4.79 Å². The van der Waals surface area contributed by atoms with Gasteiger partial charge in [0.2, 0.25) is 0 Å². The molecule has 0 aromatic heterocycles. The van der Waals surface area contributed by atoms with E-state index >= 15 is 0 Å². The Bertz CT molecular complexity index is 262. The lowest BCUT2D eigenvalue weighted by Gasteiger charge is -1.96. The third-order valence-corrected chi connectivity index (χ3v) is 1.73. The molecule has 0 aliphatic rings. The summed E-state index contributed by atoms with van der Waals surface area (Å²) in [6.07, 6.45) is 2.75. The van der Waals surface area contributed by atoms with Gasteiger partial charge in [-0.15, -0.1) is 0 Å². The van der Waals surface area contributed by atoms with Crippen LogP contribution < -0.4 is 0 Å². The summed E-state index contributed by atoms with van der Waals surface area (Å²) in [5.74, 6) is 0.110. The maximum absolute atomic E-state index is 10.9. The first kappa shape index (κ1) is 8.72. The first-order chi connectivity index (χ1) is 5.83. The fourth-order valence-corrected chi connectivity index (χ4v) is 1.01. The number of carbonyl (C=O) groups is 1. The number of allylic oxidation sites excluding steroid dienone is 1. The minimum Gasteiger partial charge on any atom is -0.295 e. The first-order valence-electron chi connectivity index (χ1n) is 4.02. The molecule has 0 atom stereocenters. The van der Waals surface area contributed by atoms with Crippen LogP contribution in [0.1, 0.15) is 12.0 Å². The topological polar surface area (TPSA) is 17.1 Å². The Balaban J connectivity index is 2.43. The molecule has 62 valence electrons. The molecule has 0 amide bonds. The van der Waals surface area contributed by atoms with E-state index in [1.807, 2.05) is 30.3 Å². The van der Waals surface area contributed by atoms with Crippen LogP contribution in [0.4, 0.5) is 0 Å². The molecule has 0 unspecified atom stereocenters. The fraction of sp³-hybridized carbons (Fsp3) is 0.182. The van der Waals surface area contributed by atoms with Crippen LogP contribution in [0, 0.1) is 0 Å². The van der Waals surface area contributed by atoms with Gasteiger partial charge in [-0.1, -0.05) is 36.9 Å². The SMILES string of the molecule is C=CC(=O)CCc1ccccc1. The molecule has 1 aromatic carbocycles. The Hall–Kier alpha value is -1.37. The lowest BCUT2D eigenvalue weighted by atomic mass is 10.1. The molecule has 0 aliphatic heterocycles. The highest BCUT2D eigenvalue weighted by molar-refractivity contribution is 5.89. The molecule has 0 N–H and O–H groups in total. The van der Waals surface area contributed by atoms with Gasteiger partial charge in [0.15, 0.2) is 5.78 Å². The zero-order valence-corrected chi connectivity index (χ0v) is 6.99. The van der Waals surface area contributed by atoms with E-state index in [2.05, 4.69) is 6.58 Å². The van der Waals surface area contributed by atoms with Gasteiger partial charge in [-0.3, -0.25) is 4.79 Å². The van der Waals surface area contributed by atoms with Crippen molar-refractivity contribution in [3.8, 4) is 0 Å². The van der Waals surface area contributed by atoms with E-state index in [0.29, 0.717) is 6.42 Å². The summed E-state index contributed by atoms with van der Waals surface area (Å²) >= 11 is 0. The minimum atomic E-state index is 0.110. The van der Waals surface area contributed by atoms with Gasteiger partial charge in [-0.25, -0.2) is 0 Å². The molecule has 0 fully saturated rings. The largest absolute Gasteiger partial charge is 0.295 e. The van der Waals surface area contributed by atoms with Crippen molar-refractivity contribution in [2.24, 2.45) is 0 Å². The summed E-state index contributed by atoms with van der Waals surface area (Å²) < 4.78 is 0. The average Bonchev–Trinajstić information content (AvgIpc) is 2.16. The van der Waals surface area contributed by atoms with Crippen LogP contribution in [0.15, 0.2) is 43.0 Å². The lowest BCUT2D eigenvalue weighted by Crippen LogP contribution is -1.94. The highest BCUT2D eigenvalue weighted by Gasteiger charge is 1.96. The predicted molar refractivity (Wildman–Crippen MR) is 50.0 cm³/mol. The summed E-state index contributed by atoms with van der Waals surface area (Å²) in [5, 5.41) is 0. The molecule has 1 rings (SSSR count). The molecule has 1 nitrogen and oxygen atoms in total. The Morgan fingerprint density at radius 1 is 1.33 bits per heavy atom. The zero-order valence-electron chi connectivity index (χ0n) is 6.99. The predicted octanol–water partition coefficient (Wildman–Crippen LogP) is 2.37. The standard InChI is InChI=1S/C11H12O/c1-2-11(12)9-8-10-6-4-3-5-7-10/h2-7H,1,8-9H2. The van der Waals surface area contributed by atoms with E-state index in [1.165, 1.54) is 11.6 Å². The average molecular weight is 160 g/mol. The van der Waals surface area contributed by atoms with Crippen molar-refractivity contribution in [1.29, 1.82) is 0 Å². The molecule has 1 aromatic rings. The number of benzene rings is 1. The number of carbonyl (C=O) groups excluding carboxylic acids is 1. The molecule has 0 radical (unpaired) electrons. The third kappa shape index (κ3) is 2.70. The Morgan fingerprint density at radius 3 is 2.58 bits per heavy atom. The molecule has 0 saturated heterocycles. The first-order valence-corrected chi connectivity index (χ1v) is 4.02. The molecule has 12 heavy (non-hydrogen) atoms. The van der Waals surface area contributed by atoms with Crippen LogP contribution in [0.3, 0.4) is 0 Å². The maximum atomic E-state index is 10.9. The lowest BCUT2D eigenvalue weighted by molar-refractivity contribution is -0.114. The second kappa shape index (κ2) is 4.50. The Labute approximate surface area is 72.7 Å². The minimum absolute atomic E-state index is 0.110. The van der Waals surface area contributed by atoms with Crippen molar-refractivity contribution in [3.63, 3.8) is 0 Å². The molecular formula is C11H12O. The number of rotatable bonds is 4. The van der Waals surface area contributed by atoms with E-state index in [1.54, 1.807) is 0 Å². The Kier molecular flexibility index (Phi) is 3.27. The molecule has 0 bridgehead atoms. The third-order valence-electron chi connectivity index (χ3n) is 1.73. The number of aryl methyl sites for hydroxylation is 1. The number of hydrogen-bond donors (Lipinski definition) is 0. The van der Waals surface area contributed by atoms with Gasteiger partial charge in [0.1, 0.15) is 0 Å². The van der Waals surface area contributed by atoms with Gasteiger partial charge in [-0.05, 0) is 18.1 Å². The van der Waals surface area contributed by atoms with Crippen molar-refractivity contribution in [2.75, 3.05) is 0 Å². The summed E-state index contributed by atoms with van der Waals surface area (Å²) in [7, 11) is 0. The molecule has 0 aliphatic carbocycles. The smallest absolute Gasteiger partial charge is 0.155 e.